The maximum Gasteiger partial charge on any atom is 0.392 e. The van der Waals surface area contributed by atoms with Gasteiger partial charge in [-0.3, -0.25) is 25.0 Å². The molecule has 4 unspecified atom stereocenters. The van der Waals surface area contributed by atoms with Crippen molar-refractivity contribution in [2.75, 3.05) is 251 Å². The number of halogens is 1. The predicted octanol–water partition coefficient (Wildman–Crippen LogP) is 8.07. The SMILES string of the molecule is CN(C)CC1CNCCO1.COC(=O)c1ccc(Oc2cc([Si](C)(C)C)ccc2C)o1.COc1nc(Cl)nc(OC)c1[N+](=O)[O-].COc1nc(N2CCOC(CN(C)C)C2)nc(OC)c1N.COc1nc(N2CCOC(CN(C)C)C2)nc(OC)c1NC(=O)c1ccc(Oc2cc([Si](C)(C)C)ccc2C)o1.COc1nc(N2CCOC(CN(C)C)C2)nc(OC)c1[N+](=O)[O-]. The number of anilines is 5. The minimum Gasteiger partial charge on any atom is -0.479 e. The molecule has 12 rings (SSSR count). The molecule has 0 radical (unpaired) electrons. The van der Waals surface area contributed by atoms with Crippen LogP contribution in [-0.2, 0) is 23.7 Å². The van der Waals surface area contributed by atoms with Crippen molar-refractivity contribution in [1.29, 1.82) is 0 Å². The lowest BCUT2D eigenvalue weighted by Gasteiger charge is -2.34. The number of nitro groups is 2. The number of methoxy groups -OCH3 is 9. The van der Waals surface area contributed by atoms with Crippen molar-refractivity contribution in [3.05, 3.63) is 109 Å². The Balaban J connectivity index is 0.000000223. The van der Waals surface area contributed by atoms with Crippen LogP contribution in [0.2, 0.25) is 44.6 Å². The predicted molar refractivity (Wildman–Crippen MR) is 491 cm³/mol. The van der Waals surface area contributed by atoms with E-state index in [1.165, 1.54) is 74.4 Å². The second-order valence-electron chi connectivity index (χ2n) is 32.5. The first kappa shape index (κ1) is 105. The number of nitrogens with one attached hydrogen (secondary N) is 2. The number of nitrogens with zero attached hydrogens (tertiary/aromatic N) is 17. The fraction of sp³-hybridized carbons (Fsp3) is 0.542. The van der Waals surface area contributed by atoms with Crippen LogP contribution in [-0.4, -0.2) is 347 Å². The molecular weight excluding hydrogens is 1740 g/mol. The van der Waals surface area contributed by atoms with Crippen molar-refractivity contribution in [1.82, 2.24) is 64.8 Å². The third kappa shape index (κ3) is 31.5. The molecule has 4 atom stereocenters. The topological polar surface area (TPSA) is 461 Å². The summed E-state index contributed by atoms with van der Waals surface area (Å²) in [5, 5.41) is 30.2. The van der Waals surface area contributed by atoms with Gasteiger partial charge >= 0.3 is 40.9 Å². The fourth-order valence-electron chi connectivity index (χ4n) is 12.9. The molecule has 129 heavy (non-hydrogen) atoms. The van der Waals surface area contributed by atoms with Crippen molar-refractivity contribution in [2.24, 2.45) is 0 Å². The summed E-state index contributed by atoms with van der Waals surface area (Å²) < 4.78 is 91.1. The molecular formula is C83H125ClN20O23Si2. The smallest absolute Gasteiger partial charge is 0.392 e. The summed E-state index contributed by atoms with van der Waals surface area (Å²) in [5.74, 6) is 2.71. The molecule has 4 fully saturated rings. The highest BCUT2D eigenvalue weighted by Crippen LogP contribution is 2.39. The monoisotopic (exact) mass is 1860 g/mol. The number of ether oxygens (including phenoxy) is 15. The number of morpholine rings is 4. The number of amides is 1. The van der Waals surface area contributed by atoms with Gasteiger partial charge in [-0.2, -0.15) is 39.9 Å². The summed E-state index contributed by atoms with van der Waals surface area (Å²) in [6.45, 7) is 29.5. The van der Waals surface area contributed by atoms with Gasteiger partial charge in [0.2, 0.25) is 52.4 Å². The molecule has 43 nitrogen and oxygen atoms in total. The summed E-state index contributed by atoms with van der Waals surface area (Å²) in [4.78, 5) is 92.5. The normalized spacial score (nSPS) is 16.2. The van der Waals surface area contributed by atoms with Crippen LogP contribution in [0.25, 0.3) is 0 Å². The minimum atomic E-state index is -1.53. The van der Waals surface area contributed by atoms with Crippen molar-refractivity contribution in [2.45, 2.75) is 77.5 Å². The maximum absolute atomic E-state index is 13.1. The summed E-state index contributed by atoms with van der Waals surface area (Å²) >= 11 is 5.48. The van der Waals surface area contributed by atoms with E-state index >= 15 is 0 Å². The van der Waals surface area contributed by atoms with Gasteiger partial charge in [0.25, 0.3) is 17.8 Å². The van der Waals surface area contributed by atoms with E-state index < -0.39 is 43.6 Å². The Kier molecular flexibility index (Phi) is 40.6. The molecule has 0 aliphatic carbocycles. The Morgan fingerprint density at radius 2 is 0.822 bits per heavy atom. The molecule has 710 valence electrons. The molecule has 0 spiro atoms. The molecule has 0 saturated carbocycles. The number of benzene rings is 2. The van der Waals surface area contributed by atoms with Gasteiger partial charge in [-0.05, 0) is 117 Å². The zero-order valence-corrected chi connectivity index (χ0v) is 81.1. The standard InChI is InChI=1S/C28H39N5O6Si.C16H20O4Si.C13H21N5O5.C13H23N5O3.C7H16N2O.C6H6ClN3O4/c1-18-9-10-20(40(6,7)8)15-22(18)39-23-12-11-21(38-23)25(34)29-24-26(35-4)30-28(31-27(24)36-5)33-13-14-37-19(17-33)16-32(2)3;1-11-6-7-12(21(3,4)5)10-14(11)20-15-9-8-13(19-15)16(17)18-2;1-16(2)7-9-8-17(5-6-23-9)13-14-11(21-3)10(18(19)20)12(15-13)22-4;1-17(2)7-9-8-18(5-6-21-9)13-15-11(19-3)10(14)12(16-13)20-4;1-9(2)6-7-5-8-3-4-10-7;1-13-4-3(10(11)12)5(14-2)9-6(7)8-4/h9-12,15,19H,13-14,16-17H2,1-8H3,(H,29,34);6-10H,1-5H3;9H,5-8H2,1-4H3;9H,5-8,14H2,1-4H3;7-8H,3-6H2,1-2H3;1-2H3. The zero-order chi connectivity index (χ0) is 95.1. The van der Waals surface area contributed by atoms with Crippen LogP contribution in [0.3, 0.4) is 0 Å². The number of hydrogen-bond donors (Lipinski definition) is 3. The maximum atomic E-state index is 13.1. The van der Waals surface area contributed by atoms with Crippen LogP contribution in [0.1, 0.15) is 32.2 Å². The van der Waals surface area contributed by atoms with E-state index in [0.717, 1.165) is 69.3 Å². The third-order valence-corrected chi connectivity index (χ3v) is 23.5. The van der Waals surface area contributed by atoms with Gasteiger partial charge < -0.3 is 131 Å². The van der Waals surface area contributed by atoms with Gasteiger partial charge in [-0.15, -0.1) is 0 Å². The van der Waals surface area contributed by atoms with E-state index in [0.29, 0.717) is 99.7 Å². The minimum absolute atomic E-state index is 0.00883. The van der Waals surface area contributed by atoms with E-state index in [1.807, 2.05) is 83.0 Å². The number of aromatic nitrogens is 8. The largest absolute Gasteiger partial charge is 0.479 e. The van der Waals surface area contributed by atoms with Crippen LogP contribution in [0, 0.1) is 34.1 Å². The number of hydrogen-bond acceptors (Lipinski definition) is 40. The number of rotatable bonds is 30. The Hall–Kier alpha value is -11.4. The molecule has 4 N–H and O–H groups in total. The molecule has 4 aliphatic rings. The molecule has 6 aromatic heterocycles. The van der Waals surface area contributed by atoms with E-state index in [9.17, 15) is 29.8 Å². The first-order chi connectivity index (χ1) is 61.2. The molecule has 10 heterocycles. The van der Waals surface area contributed by atoms with E-state index in [2.05, 4.69) is 162 Å². The van der Waals surface area contributed by atoms with Crippen molar-refractivity contribution >= 4 is 90.6 Å². The number of carbonyl (C=O) groups excluding carboxylic acids is 2. The highest BCUT2D eigenvalue weighted by atomic mass is 35.5. The van der Waals surface area contributed by atoms with Crippen LogP contribution < -0.4 is 88.8 Å². The van der Waals surface area contributed by atoms with Crippen molar-refractivity contribution < 1.29 is 99.3 Å². The summed E-state index contributed by atoms with van der Waals surface area (Å²) in [7, 11) is 25.6. The Morgan fingerprint density at radius 1 is 0.488 bits per heavy atom. The van der Waals surface area contributed by atoms with Crippen molar-refractivity contribution in [3.63, 3.8) is 0 Å². The molecule has 8 aromatic rings. The first-order valence-corrected chi connectivity index (χ1v) is 48.4. The number of carbonyl (C=O) groups is 2. The highest BCUT2D eigenvalue weighted by Gasteiger charge is 2.34. The Bertz CT molecular complexity index is 4840. The van der Waals surface area contributed by atoms with Crippen LogP contribution in [0.5, 0.6) is 70.4 Å². The number of likely N-dealkylation sites (N-methyl/N-ethyl adjacent to an activating group) is 4. The molecule has 4 aliphatic heterocycles. The lowest BCUT2D eigenvalue weighted by molar-refractivity contribution is -0.387. The Morgan fingerprint density at radius 3 is 1.16 bits per heavy atom. The van der Waals surface area contributed by atoms with Gasteiger partial charge in [-0.25, -0.2) is 4.79 Å². The molecule has 46 heteroatoms. The number of nitrogen functional groups attached to an aromatic ring is 1. The zero-order valence-electron chi connectivity index (χ0n) is 78.3. The second-order valence-corrected chi connectivity index (χ2v) is 43.0. The first-order valence-electron chi connectivity index (χ1n) is 41.1. The number of esters is 1. The Labute approximate surface area is 758 Å². The summed E-state index contributed by atoms with van der Waals surface area (Å²) in [5.41, 5.74) is 7.56. The fourth-order valence-corrected chi connectivity index (χ4v) is 15.3. The van der Waals surface area contributed by atoms with Crippen LogP contribution >= 0.6 is 11.6 Å². The average Bonchev–Trinajstić information content (AvgIpc) is 1.64. The lowest BCUT2D eigenvalue weighted by atomic mass is 10.2. The van der Waals surface area contributed by atoms with E-state index in [4.69, 9.17) is 83.0 Å². The number of aryl methyl sites for hydroxylation is 2. The highest BCUT2D eigenvalue weighted by molar-refractivity contribution is 6.89. The van der Waals surface area contributed by atoms with E-state index in [1.54, 1.807) is 24.3 Å². The van der Waals surface area contributed by atoms with Crippen LogP contribution in [0.15, 0.2) is 69.5 Å². The van der Waals surface area contributed by atoms with Gasteiger partial charge in [0.1, 0.15) is 11.5 Å². The molecule has 1 amide bonds. The van der Waals surface area contributed by atoms with E-state index in [-0.39, 0.29) is 93.7 Å². The lowest BCUT2D eigenvalue weighted by Crippen LogP contribution is -2.47. The average molecular weight is 1860 g/mol. The third-order valence-electron chi connectivity index (χ3n) is 19.3. The van der Waals surface area contributed by atoms with Gasteiger partial charge in [0.15, 0.2) is 17.1 Å². The number of furan rings is 2. The van der Waals surface area contributed by atoms with Gasteiger partial charge in [0, 0.05) is 90.7 Å². The summed E-state index contributed by atoms with van der Waals surface area (Å²) in [6.07, 6.45) is 0.533. The van der Waals surface area contributed by atoms with Gasteiger partial charge in [-0.1, -0.05) is 73.9 Å². The molecule has 2 aromatic carbocycles. The quantitative estimate of drug-likeness (QED) is 0.0126. The molecule has 0 bridgehead atoms. The second kappa shape index (κ2) is 50.0. The van der Waals surface area contributed by atoms with Crippen molar-refractivity contribution in [3.8, 4) is 70.4 Å². The van der Waals surface area contributed by atoms with Crippen LogP contribution in [0.4, 0.5) is 40.6 Å². The number of nitrogens with two attached hydrogens (primary N) is 1. The van der Waals surface area contributed by atoms with Gasteiger partial charge in [0.05, 0.1) is 141 Å². The summed E-state index contributed by atoms with van der Waals surface area (Å²) in [6, 6.07) is 18.8. The molecule has 4 saturated heterocycles.